The Hall–Kier alpha value is -2.72. The lowest BCUT2D eigenvalue weighted by molar-refractivity contribution is -0.141. The smallest absolute Gasteiger partial charge is 0.325 e. The summed E-state index contributed by atoms with van der Waals surface area (Å²) in [6.45, 7) is 2.48. The highest BCUT2D eigenvalue weighted by Crippen LogP contribution is 2.28. The Morgan fingerprint density at radius 2 is 1.75 bits per heavy atom. The summed E-state index contributed by atoms with van der Waals surface area (Å²) in [7, 11) is 1.21. The lowest BCUT2D eigenvalue weighted by Crippen LogP contribution is -2.59. The van der Waals surface area contributed by atoms with Gasteiger partial charge in [0.2, 0.25) is 5.91 Å². The third kappa shape index (κ3) is 5.49. The summed E-state index contributed by atoms with van der Waals surface area (Å²) in [6.07, 6.45) is 5.30. The van der Waals surface area contributed by atoms with E-state index >= 15 is 0 Å². The van der Waals surface area contributed by atoms with Crippen molar-refractivity contribution in [3.8, 4) is 0 Å². The van der Waals surface area contributed by atoms with Gasteiger partial charge in [-0.25, -0.2) is 8.78 Å². The first-order chi connectivity index (χ1) is 16.7. The Kier molecular flexibility index (Phi) is 8.94. The molecule has 2 heterocycles. The quantitative estimate of drug-likeness (QED) is 0.604. The van der Waals surface area contributed by atoms with Crippen LogP contribution in [0.25, 0.3) is 10.9 Å². The second-order valence-corrected chi connectivity index (χ2v) is 9.57. The number of hydrogen-bond donors (Lipinski definition) is 1. The molecule has 2 N–H and O–H groups in total. The van der Waals surface area contributed by atoms with Gasteiger partial charge in [-0.05, 0) is 37.8 Å². The average molecular weight is 527 g/mol. The fourth-order valence-electron chi connectivity index (χ4n) is 5.31. The molecule has 0 unspecified atom stereocenters. The number of fused-ring (bicyclic) bond motifs is 1. The highest BCUT2D eigenvalue weighted by Gasteiger charge is 2.36. The number of nitrogens with two attached hydrogens (primary N) is 1. The number of methoxy groups -OCH3 is 1. The largest absolute Gasteiger partial charge is 0.468 e. The number of halogens is 3. The van der Waals surface area contributed by atoms with E-state index in [4.69, 9.17) is 10.5 Å². The fraction of sp³-hybridized carbons (Fsp3) is 0.560. The molecule has 2 atom stereocenters. The number of esters is 1. The molecule has 1 aliphatic carbocycles. The first-order valence-electron chi connectivity index (χ1n) is 12.1. The van der Waals surface area contributed by atoms with E-state index in [2.05, 4.69) is 0 Å². The number of amides is 2. The monoisotopic (exact) mass is 526 g/mol. The van der Waals surface area contributed by atoms with E-state index < -0.39 is 23.6 Å². The first-order valence-corrected chi connectivity index (χ1v) is 12.1. The van der Waals surface area contributed by atoms with Crippen molar-refractivity contribution in [3.05, 3.63) is 35.5 Å². The number of benzene rings is 1. The molecule has 4 rings (SSSR count). The van der Waals surface area contributed by atoms with Gasteiger partial charge in [0.05, 0.1) is 18.7 Å². The second-order valence-electron chi connectivity index (χ2n) is 9.57. The van der Waals surface area contributed by atoms with Gasteiger partial charge in [0.25, 0.3) is 5.91 Å². The molecule has 2 aromatic rings. The number of hydrogen-bond acceptors (Lipinski definition) is 5. The number of piperazine rings is 1. The molecule has 1 saturated heterocycles. The van der Waals surface area contributed by atoms with Gasteiger partial charge >= 0.3 is 5.97 Å². The van der Waals surface area contributed by atoms with Crippen molar-refractivity contribution in [2.45, 2.75) is 57.7 Å². The van der Waals surface area contributed by atoms with E-state index in [-0.39, 0.29) is 60.5 Å². The van der Waals surface area contributed by atoms with Crippen molar-refractivity contribution in [1.82, 2.24) is 14.4 Å². The van der Waals surface area contributed by atoms with Crippen molar-refractivity contribution in [1.29, 1.82) is 0 Å². The molecular weight excluding hydrogens is 494 g/mol. The lowest BCUT2D eigenvalue weighted by atomic mass is 9.83. The molecule has 0 bridgehead atoms. The molecule has 0 spiro atoms. The van der Waals surface area contributed by atoms with Gasteiger partial charge in [-0.2, -0.15) is 0 Å². The molecule has 1 aromatic carbocycles. The van der Waals surface area contributed by atoms with E-state index in [1.54, 1.807) is 9.80 Å². The Morgan fingerprint density at radius 3 is 2.39 bits per heavy atom. The van der Waals surface area contributed by atoms with E-state index in [1.165, 1.54) is 24.2 Å². The number of ether oxygens (including phenoxy) is 1. The number of aromatic nitrogens is 1. The van der Waals surface area contributed by atoms with Crippen LogP contribution in [0, 0.1) is 17.6 Å². The third-order valence-electron chi connectivity index (χ3n) is 7.32. The second kappa shape index (κ2) is 11.6. The summed E-state index contributed by atoms with van der Waals surface area (Å²) in [5, 5.41) is 0.302. The number of nitrogens with zero attached hydrogens (tertiary/aromatic N) is 3. The fourth-order valence-corrected chi connectivity index (χ4v) is 5.31. The minimum Gasteiger partial charge on any atom is -0.468 e. The van der Waals surface area contributed by atoms with E-state index in [0.29, 0.717) is 18.5 Å². The highest BCUT2D eigenvalue weighted by atomic mass is 35.5. The van der Waals surface area contributed by atoms with Crippen molar-refractivity contribution in [3.63, 3.8) is 0 Å². The molecule has 2 amide bonds. The van der Waals surface area contributed by atoms with Crippen LogP contribution in [0.2, 0.25) is 0 Å². The van der Waals surface area contributed by atoms with Crippen LogP contribution < -0.4 is 5.73 Å². The van der Waals surface area contributed by atoms with Crippen molar-refractivity contribution >= 4 is 41.1 Å². The lowest BCUT2D eigenvalue weighted by Gasteiger charge is -2.41. The van der Waals surface area contributed by atoms with Gasteiger partial charge in [0.15, 0.2) is 11.6 Å². The summed E-state index contributed by atoms with van der Waals surface area (Å²) in [6, 6.07) is 2.58. The molecular formula is C25H33ClF2N4O4. The van der Waals surface area contributed by atoms with Crippen LogP contribution in [-0.2, 0) is 20.9 Å². The van der Waals surface area contributed by atoms with Crippen LogP contribution in [0.3, 0.4) is 0 Å². The zero-order chi connectivity index (χ0) is 25.3. The molecule has 1 aliphatic heterocycles. The molecule has 1 aromatic heterocycles. The van der Waals surface area contributed by atoms with Gasteiger partial charge in [-0.3, -0.25) is 14.4 Å². The van der Waals surface area contributed by atoms with Crippen LogP contribution >= 0.6 is 12.4 Å². The van der Waals surface area contributed by atoms with Crippen LogP contribution in [-0.4, -0.2) is 71.0 Å². The van der Waals surface area contributed by atoms with Gasteiger partial charge in [0.1, 0.15) is 12.2 Å². The molecule has 2 fully saturated rings. The van der Waals surface area contributed by atoms with Crippen LogP contribution in [0.15, 0.2) is 18.2 Å². The van der Waals surface area contributed by atoms with Crippen LogP contribution in [0.5, 0.6) is 0 Å². The van der Waals surface area contributed by atoms with Gasteiger partial charge < -0.3 is 24.8 Å². The van der Waals surface area contributed by atoms with Gasteiger partial charge in [0, 0.05) is 37.1 Å². The zero-order valence-electron chi connectivity index (χ0n) is 20.5. The Balaban J connectivity index is 0.00000361. The number of carbonyl (C=O) groups is 3. The Labute approximate surface area is 215 Å². The minimum atomic E-state index is -1.07. The molecule has 198 valence electrons. The molecule has 8 nitrogen and oxygen atoms in total. The zero-order valence-corrected chi connectivity index (χ0v) is 21.4. The first kappa shape index (κ1) is 27.9. The SMILES string of the molecule is COC(=O)Cn1c(C(=O)N2CCN(C(=O)[C@@H](N)C3CCCCC3)C[C@@H]2C)cc2cc(F)c(F)cc21.Cl. The van der Waals surface area contributed by atoms with Crippen molar-refractivity contribution in [2.24, 2.45) is 11.7 Å². The van der Waals surface area contributed by atoms with Crippen LogP contribution in [0.4, 0.5) is 8.78 Å². The molecule has 1 saturated carbocycles. The third-order valence-corrected chi connectivity index (χ3v) is 7.32. The molecule has 11 heteroatoms. The summed E-state index contributed by atoms with van der Waals surface area (Å²) in [5.41, 5.74) is 6.67. The van der Waals surface area contributed by atoms with Crippen molar-refractivity contribution < 1.29 is 27.9 Å². The average Bonchev–Trinajstić information content (AvgIpc) is 3.20. The molecule has 0 radical (unpaired) electrons. The summed E-state index contributed by atoms with van der Waals surface area (Å²) in [4.78, 5) is 41.9. The summed E-state index contributed by atoms with van der Waals surface area (Å²) < 4.78 is 33.9. The van der Waals surface area contributed by atoms with Crippen molar-refractivity contribution in [2.75, 3.05) is 26.7 Å². The highest BCUT2D eigenvalue weighted by molar-refractivity contribution is 5.99. The summed E-state index contributed by atoms with van der Waals surface area (Å²) in [5.74, 6) is -3.01. The van der Waals surface area contributed by atoms with Gasteiger partial charge in [-0.1, -0.05) is 19.3 Å². The van der Waals surface area contributed by atoms with Gasteiger partial charge in [-0.15, -0.1) is 12.4 Å². The maximum absolute atomic E-state index is 13.9. The number of rotatable bonds is 5. The minimum absolute atomic E-state index is 0. The predicted octanol–water partition coefficient (Wildman–Crippen LogP) is 3.09. The maximum atomic E-state index is 13.9. The predicted molar refractivity (Wildman–Crippen MR) is 133 cm³/mol. The Morgan fingerprint density at radius 1 is 1.08 bits per heavy atom. The normalized spacial score (nSPS) is 19.6. The maximum Gasteiger partial charge on any atom is 0.325 e. The molecule has 2 aliphatic rings. The van der Waals surface area contributed by atoms with Crippen LogP contribution in [0.1, 0.15) is 49.5 Å². The van der Waals surface area contributed by atoms with E-state index in [9.17, 15) is 23.2 Å². The van der Waals surface area contributed by atoms with E-state index in [0.717, 1.165) is 37.8 Å². The van der Waals surface area contributed by atoms with E-state index in [1.807, 2.05) is 6.92 Å². The topological polar surface area (TPSA) is 97.9 Å². The number of carbonyl (C=O) groups excluding carboxylic acids is 3. The standard InChI is InChI=1S/C25H32F2N4O4.ClH/c1-15-13-29(25(34)23(28)16-6-4-3-5-7-16)8-9-30(15)24(33)21-11-17-10-18(26)19(27)12-20(17)31(21)14-22(32)35-2;/h10-12,15-16,23H,3-9,13-14,28H2,1-2H3;1H/t15-,23-;/m0./s1. The molecule has 36 heavy (non-hydrogen) atoms. The summed E-state index contributed by atoms with van der Waals surface area (Å²) >= 11 is 0. The Bertz CT molecular complexity index is 1130.